The Morgan fingerprint density at radius 2 is 2.00 bits per heavy atom. The number of nitrogens with one attached hydrogen (secondary N) is 1. The smallest absolute Gasteiger partial charge is 0.143 e. The zero-order valence-electron chi connectivity index (χ0n) is 10.9. The van der Waals surface area contributed by atoms with Gasteiger partial charge in [-0.2, -0.15) is 0 Å². The van der Waals surface area contributed by atoms with Gasteiger partial charge in [-0.15, -0.1) is 0 Å². The number of rotatable bonds is 4. The quantitative estimate of drug-likeness (QED) is 0.854. The molecule has 0 bridgehead atoms. The van der Waals surface area contributed by atoms with Crippen molar-refractivity contribution in [1.82, 2.24) is 5.32 Å². The molecule has 0 saturated carbocycles. The van der Waals surface area contributed by atoms with E-state index in [1.54, 1.807) is 0 Å². The molecule has 0 radical (unpaired) electrons. The van der Waals surface area contributed by atoms with Crippen molar-refractivity contribution in [3.8, 4) is 0 Å². The van der Waals surface area contributed by atoms with E-state index >= 15 is 0 Å². The van der Waals surface area contributed by atoms with E-state index in [1.807, 2.05) is 7.05 Å². The van der Waals surface area contributed by atoms with Gasteiger partial charge in [0.1, 0.15) is 11.6 Å². The van der Waals surface area contributed by atoms with Crippen molar-refractivity contribution in [2.45, 2.75) is 19.3 Å². The Labute approximate surface area is 120 Å². The van der Waals surface area contributed by atoms with E-state index in [2.05, 4.69) is 21.2 Å². The van der Waals surface area contributed by atoms with E-state index in [4.69, 9.17) is 4.74 Å². The van der Waals surface area contributed by atoms with E-state index in [0.29, 0.717) is 24.1 Å². The monoisotopic (exact) mass is 333 g/mol. The number of hydrogen-bond donors (Lipinski definition) is 1. The van der Waals surface area contributed by atoms with Crippen molar-refractivity contribution in [2.75, 3.05) is 26.8 Å². The van der Waals surface area contributed by atoms with E-state index in [0.717, 1.165) is 19.4 Å². The molecule has 1 aliphatic heterocycles. The van der Waals surface area contributed by atoms with Crippen LogP contribution in [-0.4, -0.2) is 26.8 Å². The summed E-state index contributed by atoms with van der Waals surface area (Å²) >= 11 is 3.12. The van der Waals surface area contributed by atoms with Crippen LogP contribution in [0.2, 0.25) is 0 Å². The summed E-state index contributed by atoms with van der Waals surface area (Å²) in [5.41, 5.74) is 0.0432. The molecule has 0 aliphatic carbocycles. The summed E-state index contributed by atoms with van der Waals surface area (Å²) in [5, 5.41) is 3.14. The second-order valence-electron chi connectivity index (χ2n) is 5.14. The summed E-state index contributed by atoms with van der Waals surface area (Å²) < 4.78 is 33.7. The van der Waals surface area contributed by atoms with Crippen LogP contribution in [0.4, 0.5) is 8.78 Å². The molecule has 0 spiro atoms. The Bertz CT molecular complexity index is 442. The maximum Gasteiger partial charge on any atom is 0.143 e. The lowest BCUT2D eigenvalue weighted by Gasteiger charge is -2.37. The largest absolute Gasteiger partial charge is 0.381 e. The first-order valence-electron chi connectivity index (χ1n) is 6.43. The minimum absolute atomic E-state index is 0.129. The van der Waals surface area contributed by atoms with Crippen molar-refractivity contribution in [2.24, 2.45) is 5.41 Å². The number of benzene rings is 1. The zero-order valence-corrected chi connectivity index (χ0v) is 12.5. The number of halogens is 3. The van der Waals surface area contributed by atoms with Gasteiger partial charge in [0.25, 0.3) is 0 Å². The molecule has 2 rings (SSSR count). The minimum atomic E-state index is -0.484. The fourth-order valence-corrected chi connectivity index (χ4v) is 3.07. The van der Waals surface area contributed by atoms with Crippen LogP contribution in [-0.2, 0) is 11.2 Å². The van der Waals surface area contributed by atoms with Gasteiger partial charge in [-0.1, -0.05) is 0 Å². The van der Waals surface area contributed by atoms with E-state index in [9.17, 15) is 8.78 Å². The Kier molecular flexibility index (Phi) is 4.92. The van der Waals surface area contributed by atoms with Gasteiger partial charge in [0.05, 0.1) is 4.47 Å². The third-order valence-electron chi connectivity index (χ3n) is 3.80. The Hall–Kier alpha value is -0.520. The fraction of sp³-hybridized carbons (Fsp3) is 0.571. The molecule has 0 amide bonds. The summed E-state index contributed by atoms with van der Waals surface area (Å²) in [6.45, 7) is 2.04. The second-order valence-corrected chi connectivity index (χ2v) is 6.00. The molecule has 1 heterocycles. The van der Waals surface area contributed by atoms with Crippen LogP contribution in [0.1, 0.15) is 18.4 Å². The SMILES string of the molecule is CNCC1(Cc2c(F)ccc(Br)c2F)CCOCC1. The van der Waals surface area contributed by atoms with Gasteiger partial charge >= 0.3 is 0 Å². The molecule has 1 fully saturated rings. The number of hydrogen-bond acceptors (Lipinski definition) is 2. The van der Waals surface area contributed by atoms with Crippen LogP contribution >= 0.6 is 15.9 Å². The summed E-state index contributed by atoms with van der Waals surface area (Å²) in [4.78, 5) is 0. The molecule has 106 valence electrons. The first kappa shape index (κ1) is 14.9. The molecule has 1 aromatic carbocycles. The van der Waals surface area contributed by atoms with Crippen LogP contribution in [0.3, 0.4) is 0 Å². The molecule has 1 saturated heterocycles. The highest BCUT2D eigenvalue weighted by molar-refractivity contribution is 9.10. The summed E-state index contributed by atoms with van der Waals surface area (Å²) in [5.74, 6) is -0.954. The highest BCUT2D eigenvalue weighted by Gasteiger charge is 2.34. The van der Waals surface area contributed by atoms with Crippen molar-refractivity contribution in [3.63, 3.8) is 0 Å². The molecule has 1 N–H and O–H groups in total. The molecule has 1 aliphatic rings. The normalized spacial score (nSPS) is 18.5. The van der Waals surface area contributed by atoms with Crippen LogP contribution in [0, 0.1) is 17.0 Å². The molecule has 5 heteroatoms. The highest BCUT2D eigenvalue weighted by atomic mass is 79.9. The average Bonchev–Trinajstić information content (AvgIpc) is 2.41. The first-order chi connectivity index (χ1) is 9.08. The van der Waals surface area contributed by atoms with Crippen molar-refractivity contribution >= 4 is 15.9 Å². The molecule has 1 aromatic rings. The lowest BCUT2D eigenvalue weighted by molar-refractivity contribution is 0.0150. The van der Waals surface area contributed by atoms with Gasteiger partial charge in [-0.3, -0.25) is 0 Å². The van der Waals surface area contributed by atoms with Gasteiger partial charge in [0.15, 0.2) is 0 Å². The molecule has 2 nitrogen and oxygen atoms in total. The predicted octanol–water partition coefficient (Wildman–Crippen LogP) is 3.29. The Morgan fingerprint density at radius 1 is 1.32 bits per heavy atom. The Morgan fingerprint density at radius 3 is 2.63 bits per heavy atom. The van der Waals surface area contributed by atoms with Gasteiger partial charge in [-0.05, 0) is 59.8 Å². The van der Waals surface area contributed by atoms with Gasteiger partial charge in [0.2, 0.25) is 0 Å². The topological polar surface area (TPSA) is 21.3 Å². The molecule has 0 aromatic heterocycles. The standard InChI is InChI=1S/C14H18BrF2NO/c1-18-9-14(4-6-19-7-5-14)8-10-12(16)3-2-11(15)13(10)17/h2-3,18H,4-9H2,1H3. The summed E-state index contributed by atoms with van der Waals surface area (Å²) in [6, 6.07) is 2.72. The maximum absolute atomic E-state index is 14.1. The molecular weight excluding hydrogens is 316 g/mol. The van der Waals surface area contributed by atoms with Crippen molar-refractivity contribution < 1.29 is 13.5 Å². The summed E-state index contributed by atoms with van der Waals surface area (Å²) in [6.07, 6.45) is 2.03. The van der Waals surface area contributed by atoms with E-state index < -0.39 is 11.6 Å². The molecule has 0 atom stereocenters. The van der Waals surface area contributed by atoms with Crippen molar-refractivity contribution in [3.05, 3.63) is 33.8 Å². The Balaban J connectivity index is 2.29. The zero-order chi connectivity index (χ0) is 13.9. The first-order valence-corrected chi connectivity index (χ1v) is 7.22. The van der Waals surface area contributed by atoms with E-state index in [1.165, 1.54) is 12.1 Å². The molecule has 19 heavy (non-hydrogen) atoms. The third-order valence-corrected chi connectivity index (χ3v) is 4.41. The predicted molar refractivity (Wildman–Crippen MR) is 74.2 cm³/mol. The lowest BCUT2D eigenvalue weighted by Crippen LogP contribution is -2.40. The minimum Gasteiger partial charge on any atom is -0.381 e. The van der Waals surface area contributed by atoms with Crippen LogP contribution in [0.15, 0.2) is 16.6 Å². The lowest BCUT2D eigenvalue weighted by atomic mass is 9.75. The molecule has 0 unspecified atom stereocenters. The van der Waals surface area contributed by atoms with Crippen LogP contribution in [0.5, 0.6) is 0 Å². The van der Waals surface area contributed by atoms with Crippen molar-refractivity contribution in [1.29, 1.82) is 0 Å². The average molecular weight is 334 g/mol. The second kappa shape index (κ2) is 6.29. The summed E-state index contributed by atoms with van der Waals surface area (Å²) in [7, 11) is 1.87. The van der Waals surface area contributed by atoms with Gasteiger partial charge < -0.3 is 10.1 Å². The third kappa shape index (κ3) is 3.33. The number of ether oxygens (including phenoxy) is 1. The van der Waals surface area contributed by atoms with Crippen LogP contribution in [0.25, 0.3) is 0 Å². The molecular formula is C14H18BrF2NO. The highest BCUT2D eigenvalue weighted by Crippen LogP contribution is 2.36. The van der Waals surface area contributed by atoms with Gasteiger partial charge in [0, 0.05) is 25.3 Å². The van der Waals surface area contributed by atoms with E-state index in [-0.39, 0.29) is 11.0 Å². The van der Waals surface area contributed by atoms with Crippen LogP contribution < -0.4 is 5.32 Å². The fourth-order valence-electron chi connectivity index (χ4n) is 2.70. The maximum atomic E-state index is 14.1. The van der Waals surface area contributed by atoms with Gasteiger partial charge in [-0.25, -0.2) is 8.78 Å².